The van der Waals surface area contributed by atoms with Crippen LogP contribution in [0.5, 0.6) is 0 Å². The Labute approximate surface area is 161 Å². The molecule has 2 aromatic rings. The van der Waals surface area contributed by atoms with E-state index in [-0.39, 0.29) is 26.0 Å². The molecule has 27 heavy (non-hydrogen) atoms. The summed E-state index contributed by atoms with van der Waals surface area (Å²) >= 11 is 0. The Morgan fingerprint density at radius 3 is 2.26 bits per heavy atom. The summed E-state index contributed by atoms with van der Waals surface area (Å²) in [5, 5.41) is 9.48. The van der Waals surface area contributed by atoms with Crippen LogP contribution in [0.1, 0.15) is 45.1 Å². The summed E-state index contributed by atoms with van der Waals surface area (Å²) in [4.78, 5) is 25.5. The molecule has 0 saturated heterocycles. The molecule has 5 heteroatoms. The number of carboxylic acids is 1. The quantitative estimate of drug-likeness (QED) is 0.781. The third-order valence-electron chi connectivity index (χ3n) is 5.03. The van der Waals surface area contributed by atoms with Crippen molar-refractivity contribution >= 4 is 12.1 Å². The number of rotatable bonds is 7. The van der Waals surface area contributed by atoms with Crippen molar-refractivity contribution in [2.24, 2.45) is 0 Å². The number of benzene rings is 2. The molecule has 0 unspecified atom stereocenters. The van der Waals surface area contributed by atoms with E-state index in [0.29, 0.717) is 12.8 Å². The van der Waals surface area contributed by atoms with E-state index in [4.69, 9.17) is 6.11 Å². The molecular weight excluding hydrogens is 342 g/mol. The van der Waals surface area contributed by atoms with Gasteiger partial charge in [0.05, 0.1) is 0 Å². The van der Waals surface area contributed by atoms with Crippen LogP contribution in [-0.2, 0) is 9.53 Å². The van der Waals surface area contributed by atoms with Crippen LogP contribution in [0.2, 0.25) is 0 Å². The minimum atomic E-state index is -1.07. The number of hydrogen-bond donors (Lipinski definition) is 1. The number of aliphatic carboxylic acids is 1. The summed E-state index contributed by atoms with van der Waals surface area (Å²) in [5.74, 6) is -1.15. The van der Waals surface area contributed by atoms with Crippen molar-refractivity contribution in [2.45, 2.75) is 38.6 Å². The van der Waals surface area contributed by atoms with Crippen LogP contribution in [0.4, 0.5) is 4.79 Å². The van der Waals surface area contributed by atoms with Gasteiger partial charge in [0.25, 0.3) is 0 Å². The third kappa shape index (κ3) is 3.68. The second-order valence-corrected chi connectivity index (χ2v) is 6.64. The van der Waals surface area contributed by atoms with Crippen molar-refractivity contribution < 1.29 is 20.8 Å². The fourth-order valence-electron chi connectivity index (χ4n) is 3.74. The first-order valence-electron chi connectivity index (χ1n) is 9.92. The van der Waals surface area contributed by atoms with Crippen molar-refractivity contribution in [3.63, 3.8) is 0 Å². The molecule has 0 aliphatic heterocycles. The molecular formula is C22H25NO4. The maximum Gasteiger partial charge on any atom is 0.410 e. The Kier molecular flexibility index (Phi) is 5.37. The van der Waals surface area contributed by atoms with E-state index in [0.717, 1.165) is 22.3 Å². The predicted molar refractivity (Wildman–Crippen MR) is 104 cm³/mol. The first-order chi connectivity index (χ1) is 13.6. The van der Waals surface area contributed by atoms with E-state index >= 15 is 0 Å². The zero-order valence-electron chi connectivity index (χ0n) is 16.4. The molecule has 0 aromatic heterocycles. The molecule has 1 aliphatic carbocycles. The Morgan fingerprint density at radius 2 is 1.74 bits per heavy atom. The highest BCUT2D eigenvalue weighted by Gasteiger charge is 2.32. The molecule has 3 rings (SSSR count). The average Bonchev–Trinajstić information content (AvgIpc) is 3.02. The Hall–Kier alpha value is -2.82. The van der Waals surface area contributed by atoms with E-state index < -0.39 is 18.1 Å². The average molecular weight is 368 g/mol. The summed E-state index contributed by atoms with van der Waals surface area (Å²) < 4.78 is 13.0. The van der Waals surface area contributed by atoms with E-state index in [1.54, 1.807) is 0 Å². The molecule has 1 N–H and O–H groups in total. The van der Waals surface area contributed by atoms with Crippen molar-refractivity contribution in [3.8, 4) is 11.1 Å². The lowest BCUT2D eigenvalue weighted by Crippen LogP contribution is -2.45. The van der Waals surface area contributed by atoms with Crippen LogP contribution < -0.4 is 0 Å². The number of carbonyl (C=O) groups is 2. The summed E-state index contributed by atoms with van der Waals surface area (Å²) in [5.41, 5.74) is 4.48. The molecule has 5 nitrogen and oxygen atoms in total. The van der Waals surface area contributed by atoms with Crippen LogP contribution in [0, 0.1) is 0 Å². The normalized spacial score (nSPS) is 14.0. The van der Waals surface area contributed by atoms with Gasteiger partial charge in [-0.05, 0) is 35.6 Å². The van der Waals surface area contributed by atoms with Gasteiger partial charge in [-0.2, -0.15) is 0 Å². The van der Waals surface area contributed by atoms with E-state index in [2.05, 4.69) is 12.1 Å². The molecule has 0 spiro atoms. The van der Waals surface area contributed by atoms with Gasteiger partial charge in [0.1, 0.15) is 12.6 Å². The van der Waals surface area contributed by atoms with Gasteiger partial charge in [-0.15, -0.1) is 0 Å². The van der Waals surface area contributed by atoms with Gasteiger partial charge in [0.15, 0.2) is 0 Å². The minimum Gasteiger partial charge on any atom is -0.480 e. The number of carboxylic acid groups (broad SMARTS) is 1. The summed E-state index contributed by atoms with van der Waals surface area (Å²) in [6, 6.07) is 15.1. The molecule has 0 bridgehead atoms. The number of likely N-dealkylation sites (N-methyl/N-ethyl adjacent to an activating group) is 1. The largest absolute Gasteiger partial charge is 0.480 e. The smallest absolute Gasteiger partial charge is 0.410 e. The number of ether oxygens (including phenoxy) is 1. The maximum atomic E-state index is 12.7. The highest BCUT2D eigenvalue weighted by Crippen LogP contribution is 2.44. The minimum absolute atomic E-state index is 0.0354. The molecule has 1 atom stereocenters. The fraction of sp³-hybridized carbons (Fsp3) is 0.364. The van der Waals surface area contributed by atoms with Gasteiger partial charge in [-0.25, -0.2) is 9.59 Å². The number of carbonyl (C=O) groups excluding carboxylic acids is 1. The maximum absolute atomic E-state index is 12.7. The summed E-state index contributed by atoms with van der Waals surface area (Å²) in [6.07, 6.45) is 0.289. The molecule has 0 saturated carbocycles. The van der Waals surface area contributed by atoms with Crippen LogP contribution in [-0.4, -0.2) is 41.3 Å². The molecule has 142 valence electrons. The lowest BCUT2D eigenvalue weighted by Gasteiger charge is -2.27. The Balaban J connectivity index is 1.79. The zero-order valence-corrected chi connectivity index (χ0v) is 15.4. The SMILES string of the molecule is [2H]CCN(C(=O)OCC1c2ccccc2-c2ccccc21)[C@@H](CCC)C(=O)O. The fourth-order valence-corrected chi connectivity index (χ4v) is 3.74. The first kappa shape index (κ1) is 17.6. The lowest BCUT2D eigenvalue weighted by molar-refractivity contribution is -0.143. The molecule has 2 aromatic carbocycles. The van der Waals surface area contributed by atoms with Gasteiger partial charge < -0.3 is 9.84 Å². The van der Waals surface area contributed by atoms with Crippen molar-refractivity contribution in [1.29, 1.82) is 0 Å². The van der Waals surface area contributed by atoms with Crippen molar-refractivity contribution in [2.75, 3.05) is 13.2 Å². The van der Waals surface area contributed by atoms with Crippen molar-refractivity contribution in [1.82, 2.24) is 4.90 Å². The number of fused-ring (bicyclic) bond motifs is 3. The standard InChI is InChI=1S/C22H25NO4/c1-3-9-20(21(24)25)23(4-2)22(26)27-14-19-17-12-7-5-10-15(17)16-11-6-8-13-18(16)19/h5-8,10-13,19-20H,3-4,9,14H2,1-2H3,(H,24,25)/t20-/m0/s1/i2D. The number of nitrogens with zero attached hydrogens (tertiary/aromatic N) is 1. The predicted octanol–water partition coefficient (Wildman–Crippen LogP) is 4.51. The third-order valence-corrected chi connectivity index (χ3v) is 5.03. The van der Waals surface area contributed by atoms with Gasteiger partial charge in [-0.3, -0.25) is 4.90 Å². The van der Waals surface area contributed by atoms with Crippen LogP contribution in [0.3, 0.4) is 0 Å². The Bertz CT molecular complexity index is 808. The monoisotopic (exact) mass is 368 g/mol. The Morgan fingerprint density at radius 1 is 1.15 bits per heavy atom. The van der Waals surface area contributed by atoms with E-state index in [1.165, 1.54) is 4.90 Å². The number of amides is 1. The molecule has 1 amide bonds. The summed E-state index contributed by atoms with van der Waals surface area (Å²) in [7, 11) is 0. The zero-order chi connectivity index (χ0) is 20.1. The van der Waals surface area contributed by atoms with E-state index in [1.807, 2.05) is 43.3 Å². The van der Waals surface area contributed by atoms with Crippen LogP contribution >= 0.6 is 0 Å². The molecule has 0 heterocycles. The first-order valence-corrected chi connectivity index (χ1v) is 9.22. The number of hydrogen-bond acceptors (Lipinski definition) is 3. The molecule has 1 aliphatic rings. The van der Waals surface area contributed by atoms with Gasteiger partial charge in [0, 0.05) is 13.8 Å². The highest BCUT2D eigenvalue weighted by atomic mass is 16.6. The lowest BCUT2D eigenvalue weighted by atomic mass is 9.98. The second-order valence-electron chi connectivity index (χ2n) is 6.64. The van der Waals surface area contributed by atoms with Gasteiger partial charge in [0.2, 0.25) is 0 Å². The topological polar surface area (TPSA) is 66.8 Å². The van der Waals surface area contributed by atoms with E-state index in [9.17, 15) is 14.7 Å². The highest BCUT2D eigenvalue weighted by molar-refractivity contribution is 5.81. The molecule has 0 fully saturated rings. The molecule has 0 radical (unpaired) electrons. The second kappa shape index (κ2) is 8.25. The van der Waals surface area contributed by atoms with Crippen LogP contribution in [0.25, 0.3) is 11.1 Å². The van der Waals surface area contributed by atoms with Crippen LogP contribution in [0.15, 0.2) is 48.5 Å². The summed E-state index contributed by atoms with van der Waals surface area (Å²) in [6.45, 7) is 1.97. The van der Waals surface area contributed by atoms with Crippen molar-refractivity contribution in [3.05, 3.63) is 59.7 Å². The van der Waals surface area contributed by atoms with Gasteiger partial charge in [-0.1, -0.05) is 61.9 Å². The van der Waals surface area contributed by atoms with Gasteiger partial charge >= 0.3 is 12.1 Å².